The van der Waals surface area contributed by atoms with E-state index in [2.05, 4.69) is 23.8 Å². The number of aromatic nitrogens is 2. The average molecular weight is 333 g/mol. The van der Waals surface area contributed by atoms with Crippen LogP contribution in [-0.2, 0) is 0 Å². The maximum atomic E-state index is 12.2. The summed E-state index contributed by atoms with van der Waals surface area (Å²) in [5.41, 5.74) is 1.48. The van der Waals surface area contributed by atoms with Crippen LogP contribution in [0, 0.1) is 0 Å². The summed E-state index contributed by atoms with van der Waals surface area (Å²) < 4.78 is 5.60. The Labute approximate surface area is 141 Å². The molecule has 0 spiro atoms. The van der Waals surface area contributed by atoms with Gasteiger partial charge in [-0.3, -0.25) is 4.79 Å². The minimum absolute atomic E-state index is 0.0618. The fraction of sp³-hybridized carbons (Fsp3) is 0.389. The zero-order valence-electron chi connectivity index (χ0n) is 13.8. The molecule has 0 amide bonds. The van der Waals surface area contributed by atoms with Crippen molar-refractivity contribution in [3.8, 4) is 5.88 Å². The molecule has 0 fully saturated rings. The van der Waals surface area contributed by atoms with Crippen LogP contribution in [0.3, 0.4) is 0 Å². The maximum absolute atomic E-state index is 12.2. The van der Waals surface area contributed by atoms with Crippen LogP contribution in [0.25, 0.3) is 0 Å². The quantitative estimate of drug-likeness (QED) is 0.723. The zero-order chi connectivity index (χ0) is 17.0. The Morgan fingerprint density at radius 3 is 2.30 bits per heavy atom. The molecule has 2 aromatic rings. The van der Waals surface area contributed by atoms with E-state index in [4.69, 9.17) is 16.3 Å². The van der Waals surface area contributed by atoms with E-state index < -0.39 is 0 Å². The molecule has 23 heavy (non-hydrogen) atoms. The third kappa shape index (κ3) is 4.76. The topological polar surface area (TPSA) is 52.1 Å². The number of ether oxygens (including phenoxy) is 1. The lowest BCUT2D eigenvalue weighted by molar-refractivity contribution is 0.0917. The number of hydrogen-bond acceptors (Lipinski definition) is 4. The van der Waals surface area contributed by atoms with Gasteiger partial charge in [0.05, 0.1) is 5.69 Å². The third-order valence-corrected chi connectivity index (χ3v) is 3.62. The summed E-state index contributed by atoms with van der Waals surface area (Å²) in [6.07, 6.45) is 0. The van der Waals surface area contributed by atoms with E-state index in [9.17, 15) is 4.79 Å². The molecule has 0 unspecified atom stereocenters. The summed E-state index contributed by atoms with van der Waals surface area (Å²) in [5, 5.41) is 0.599. The van der Waals surface area contributed by atoms with Crippen LogP contribution < -0.4 is 4.74 Å². The molecule has 0 bridgehead atoms. The third-order valence-electron chi connectivity index (χ3n) is 3.37. The molecule has 0 saturated heterocycles. The van der Waals surface area contributed by atoms with Gasteiger partial charge in [-0.05, 0) is 30.2 Å². The summed E-state index contributed by atoms with van der Waals surface area (Å²) in [6, 6.07) is 8.55. The SMILES string of the molecule is CC(C)c1cc(OCC(=O)c2ccc(Cl)cc2)nc(C(C)C)n1. The largest absolute Gasteiger partial charge is 0.469 e. The van der Waals surface area contributed by atoms with E-state index >= 15 is 0 Å². The van der Waals surface area contributed by atoms with Crippen LogP contribution >= 0.6 is 11.6 Å². The van der Waals surface area contributed by atoms with E-state index in [1.165, 1.54) is 0 Å². The van der Waals surface area contributed by atoms with E-state index in [1.807, 2.05) is 13.8 Å². The van der Waals surface area contributed by atoms with Crippen LogP contribution in [0.1, 0.15) is 61.4 Å². The first-order valence-electron chi connectivity index (χ1n) is 7.67. The number of rotatable bonds is 6. The van der Waals surface area contributed by atoms with Gasteiger partial charge in [0, 0.05) is 22.6 Å². The molecule has 1 heterocycles. The second-order valence-electron chi connectivity index (χ2n) is 6.02. The number of Topliss-reactive ketones (excluding diaryl/α,β-unsaturated/α-hetero) is 1. The molecule has 1 aromatic carbocycles. The molecule has 0 N–H and O–H groups in total. The summed E-state index contributed by atoms with van der Waals surface area (Å²) in [7, 11) is 0. The van der Waals surface area contributed by atoms with Gasteiger partial charge in [-0.2, -0.15) is 4.98 Å². The Hall–Kier alpha value is -1.94. The highest BCUT2D eigenvalue weighted by molar-refractivity contribution is 6.30. The second kappa shape index (κ2) is 7.55. The molecule has 0 saturated carbocycles. The van der Waals surface area contributed by atoms with E-state index in [0.29, 0.717) is 16.5 Å². The van der Waals surface area contributed by atoms with E-state index in [1.54, 1.807) is 30.3 Å². The lowest BCUT2D eigenvalue weighted by Gasteiger charge is -2.12. The van der Waals surface area contributed by atoms with Gasteiger partial charge in [0.25, 0.3) is 0 Å². The average Bonchev–Trinajstić information content (AvgIpc) is 2.52. The second-order valence-corrected chi connectivity index (χ2v) is 6.45. The van der Waals surface area contributed by atoms with Gasteiger partial charge in [-0.15, -0.1) is 0 Å². The normalized spacial score (nSPS) is 11.1. The zero-order valence-corrected chi connectivity index (χ0v) is 14.6. The van der Waals surface area contributed by atoms with Crippen molar-refractivity contribution in [3.05, 3.63) is 52.4 Å². The number of nitrogens with zero attached hydrogens (tertiary/aromatic N) is 2. The van der Waals surface area contributed by atoms with Gasteiger partial charge >= 0.3 is 0 Å². The Balaban J connectivity index is 2.13. The standard InChI is InChI=1S/C18H21ClN2O2/c1-11(2)15-9-17(21-18(20-15)12(3)4)23-10-16(22)13-5-7-14(19)8-6-13/h5-9,11-12H,10H2,1-4H3. The van der Waals surface area contributed by atoms with Gasteiger partial charge in [-0.25, -0.2) is 4.98 Å². The summed E-state index contributed by atoms with van der Waals surface area (Å²) >= 11 is 5.82. The highest BCUT2D eigenvalue weighted by Gasteiger charge is 2.13. The van der Waals surface area contributed by atoms with Crippen LogP contribution in [0.15, 0.2) is 30.3 Å². The van der Waals surface area contributed by atoms with Gasteiger partial charge in [0.2, 0.25) is 5.88 Å². The minimum atomic E-state index is -0.113. The number of ketones is 1. The van der Waals surface area contributed by atoms with Gasteiger partial charge in [-0.1, -0.05) is 39.3 Å². The molecular formula is C18H21ClN2O2. The highest BCUT2D eigenvalue weighted by atomic mass is 35.5. The van der Waals surface area contributed by atoms with Crippen molar-refractivity contribution in [1.82, 2.24) is 9.97 Å². The van der Waals surface area contributed by atoms with Crippen LogP contribution in [-0.4, -0.2) is 22.4 Å². The first-order valence-corrected chi connectivity index (χ1v) is 8.05. The first-order chi connectivity index (χ1) is 10.9. The Bertz CT molecular complexity index is 656. The van der Waals surface area contributed by atoms with Crippen LogP contribution in [0.4, 0.5) is 0 Å². The Morgan fingerprint density at radius 2 is 1.74 bits per heavy atom. The molecule has 2 rings (SSSR count). The number of halogens is 1. The van der Waals surface area contributed by atoms with Crippen molar-refractivity contribution < 1.29 is 9.53 Å². The molecule has 0 radical (unpaired) electrons. The Kier molecular flexibility index (Phi) is 5.72. The predicted molar refractivity (Wildman–Crippen MR) is 91.5 cm³/mol. The molecule has 0 aliphatic rings. The monoisotopic (exact) mass is 332 g/mol. The Morgan fingerprint density at radius 1 is 1.09 bits per heavy atom. The van der Waals surface area contributed by atoms with Crippen molar-refractivity contribution in [3.63, 3.8) is 0 Å². The fourth-order valence-electron chi connectivity index (χ4n) is 1.95. The van der Waals surface area contributed by atoms with Crippen LogP contribution in [0.2, 0.25) is 5.02 Å². The number of hydrogen-bond donors (Lipinski definition) is 0. The van der Waals surface area contributed by atoms with Crippen molar-refractivity contribution in [2.45, 2.75) is 39.5 Å². The number of benzene rings is 1. The van der Waals surface area contributed by atoms with Crippen molar-refractivity contribution >= 4 is 17.4 Å². The molecule has 4 nitrogen and oxygen atoms in total. The fourth-order valence-corrected chi connectivity index (χ4v) is 2.07. The molecule has 122 valence electrons. The van der Waals surface area contributed by atoms with Gasteiger partial charge in [0.15, 0.2) is 12.4 Å². The molecule has 5 heteroatoms. The smallest absolute Gasteiger partial charge is 0.217 e. The van der Waals surface area contributed by atoms with E-state index in [-0.39, 0.29) is 24.2 Å². The number of carbonyl (C=O) groups excluding carboxylic acids is 1. The van der Waals surface area contributed by atoms with Crippen molar-refractivity contribution in [2.24, 2.45) is 0 Å². The lowest BCUT2D eigenvalue weighted by Crippen LogP contribution is -2.13. The first kappa shape index (κ1) is 17.4. The summed E-state index contributed by atoms with van der Waals surface area (Å²) in [4.78, 5) is 21.1. The predicted octanol–water partition coefficient (Wildman–Crippen LogP) is 4.64. The lowest BCUT2D eigenvalue weighted by atomic mass is 10.1. The summed E-state index contributed by atoms with van der Waals surface area (Å²) in [6.45, 7) is 8.13. The minimum Gasteiger partial charge on any atom is -0.469 e. The van der Waals surface area contributed by atoms with Gasteiger partial charge < -0.3 is 4.74 Å². The van der Waals surface area contributed by atoms with E-state index in [0.717, 1.165) is 11.5 Å². The highest BCUT2D eigenvalue weighted by Crippen LogP contribution is 2.21. The summed E-state index contributed by atoms with van der Waals surface area (Å²) in [5.74, 6) is 1.52. The van der Waals surface area contributed by atoms with Crippen molar-refractivity contribution in [1.29, 1.82) is 0 Å². The molecule has 0 aliphatic heterocycles. The molecule has 0 aliphatic carbocycles. The molecule has 0 atom stereocenters. The maximum Gasteiger partial charge on any atom is 0.217 e. The van der Waals surface area contributed by atoms with Crippen molar-refractivity contribution in [2.75, 3.05) is 6.61 Å². The molecule has 1 aromatic heterocycles. The molecular weight excluding hydrogens is 312 g/mol. The number of carbonyl (C=O) groups is 1. The van der Waals surface area contributed by atoms with Gasteiger partial charge in [0.1, 0.15) is 5.82 Å². The van der Waals surface area contributed by atoms with Crippen LogP contribution in [0.5, 0.6) is 5.88 Å².